The predicted molar refractivity (Wildman–Crippen MR) is 207 cm³/mol. The standard InChI is InChI=1S/C44H26N4S/c1-3-15-27(16-4-1)40-31-21-9-12-24-34(31)45-44(46-40)48-36-26-14-10-22-32(36)37-29-19-7-8-20-30(29)38-39-33-23-11-13-25-35(33)47(28-17-5-2-6-18-28)43(39)49-42(38)41(37)48/h1-26H. The molecular formula is C44H26N4S. The summed E-state index contributed by atoms with van der Waals surface area (Å²) in [7, 11) is 0. The van der Waals surface area contributed by atoms with E-state index in [0.29, 0.717) is 5.95 Å². The lowest BCUT2D eigenvalue weighted by Gasteiger charge is -2.12. The van der Waals surface area contributed by atoms with E-state index in [0.717, 1.165) is 38.9 Å². The van der Waals surface area contributed by atoms with Crippen molar-refractivity contribution in [3.63, 3.8) is 0 Å². The molecule has 0 aliphatic heterocycles. The summed E-state index contributed by atoms with van der Waals surface area (Å²) >= 11 is 1.87. The van der Waals surface area contributed by atoms with Crippen LogP contribution in [0.4, 0.5) is 0 Å². The largest absolute Gasteiger partial charge is 0.301 e. The zero-order chi connectivity index (χ0) is 32.1. The molecule has 0 saturated carbocycles. The average molecular weight is 643 g/mol. The third kappa shape index (κ3) is 3.68. The Morgan fingerprint density at radius 3 is 1.71 bits per heavy atom. The monoisotopic (exact) mass is 642 g/mol. The summed E-state index contributed by atoms with van der Waals surface area (Å²) in [5.41, 5.74) is 7.55. The summed E-state index contributed by atoms with van der Waals surface area (Å²) in [4.78, 5) is 11.9. The fourth-order valence-electron chi connectivity index (χ4n) is 7.91. The minimum atomic E-state index is 0.675. The highest BCUT2D eigenvalue weighted by Crippen LogP contribution is 2.50. The van der Waals surface area contributed by atoms with Crippen LogP contribution < -0.4 is 0 Å². The summed E-state index contributed by atoms with van der Waals surface area (Å²) in [6.45, 7) is 0. The molecule has 0 unspecified atom stereocenters. The van der Waals surface area contributed by atoms with Crippen LogP contribution in [-0.2, 0) is 0 Å². The molecule has 0 spiro atoms. The van der Waals surface area contributed by atoms with Gasteiger partial charge in [0.2, 0.25) is 5.95 Å². The van der Waals surface area contributed by atoms with Gasteiger partial charge in [-0.05, 0) is 41.1 Å². The second kappa shape index (κ2) is 10.1. The second-order valence-electron chi connectivity index (χ2n) is 12.6. The fraction of sp³-hybridized carbons (Fsp3) is 0. The molecule has 0 saturated heterocycles. The molecule has 4 aromatic heterocycles. The highest BCUT2D eigenvalue weighted by atomic mass is 32.1. The van der Waals surface area contributed by atoms with E-state index < -0.39 is 0 Å². The maximum atomic E-state index is 5.41. The van der Waals surface area contributed by atoms with Gasteiger partial charge < -0.3 is 4.57 Å². The number of hydrogen-bond donors (Lipinski definition) is 0. The molecule has 0 aliphatic rings. The quantitative estimate of drug-likeness (QED) is 0.192. The van der Waals surface area contributed by atoms with Crippen LogP contribution in [-0.4, -0.2) is 19.1 Å². The molecule has 4 heterocycles. The Hall–Kier alpha value is -6.30. The Morgan fingerprint density at radius 1 is 0.429 bits per heavy atom. The third-order valence-corrected chi connectivity index (χ3v) is 11.1. The minimum Gasteiger partial charge on any atom is -0.301 e. The first-order chi connectivity index (χ1) is 24.3. The summed E-state index contributed by atoms with van der Waals surface area (Å²) in [5.74, 6) is 0.675. The molecule has 4 nitrogen and oxygen atoms in total. The van der Waals surface area contributed by atoms with E-state index in [1.165, 1.54) is 52.8 Å². The van der Waals surface area contributed by atoms with Crippen LogP contribution in [0.3, 0.4) is 0 Å². The van der Waals surface area contributed by atoms with Gasteiger partial charge in [-0.1, -0.05) is 127 Å². The Kier molecular flexibility index (Phi) is 5.51. The third-order valence-electron chi connectivity index (χ3n) is 9.92. The van der Waals surface area contributed by atoms with Crippen LogP contribution in [0.2, 0.25) is 0 Å². The zero-order valence-electron chi connectivity index (χ0n) is 26.2. The Bertz CT molecular complexity index is 3100. The maximum absolute atomic E-state index is 5.41. The number of nitrogens with zero attached hydrogens (tertiary/aromatic N) is 4. The van der Waals surface area contributed by atoms with Crippen molar-refractivity contribution in [1.82, 2.24) is 19.1 Å². The van der Waals surface area contributed by atoms with E-state index in [9.17, 15) is 0 Å². The van der Waals surface area contributed by atoms with Gasteiger partial charge in [0.15, 0.2) is 0 Å². The molecule has 0 amide bonds. The number of rotatable bonds is 3. The Labute approximate surface area is 284 Å². The molecule has 0 bridgehead atoms. The lowest BCUT2D eigenvalue weighted by Crippen LogP contribution is -2.03. The van der Waals surface area contributed by atoms with Crippen LogP contribution in [0.15, 0.2) is 158 Å². The molecule has 0 fully saturated rings. The van der Waals surface area contributed by atoms with E-state index in [1.807, 2.05) is 11.3 Å². The molecule has 7 aromatic carbocycles. The second-order valence-corrected chi connectivity index (χ2v) is 13.6. The first kappa shape index (κ1) is 26.7. The number of fused-ring (bicyclic) bond motifs is 13. The minimum absolute atomic E-state index is 0.675. The van der Waals surface area contributed by atoms with Crippen molar-refractivity contribution in [2.24, 2.45) is 0 Å². The van der Waals surface area contributed by atoms with Crippen molar-refractivity contribution in [3.05, 3.63) is 158 Å². The molecule has 0 atom stereocenters. The molecule has 49 heavy (non-hydrogen) atoms. The zero-order valence-corrected chi connectivity index (χ0v) is 27.0. The van der Waals surface area contributed by atoms with Crippen LogP contribution in [0.1, 0.15) is 0 Å². The van der Waals surface area contributed by atoms with E-state index in [-0.39, 0.29) is 0 Å². The van der Waals surface area contributed by atoms with Crippen molar-refractivity contribution in [3.8, 4) is 22.9 Å². The Balaban J connectivity index is 1.38. The van der Waals surface area contributed by atoms with Crippen LogP contribution in [0.25, 0.3) is 97.6 Å². The molecular weight excluding hydrogens is 617 g/mol. The Morgan fingerprint density at radius 2 is 0.980 bits per heavy atom. The van der Waals surface area contributed by atoms with Gasteiger partial charge in [-0.15, -0.1) is 11.3 Å². The van der Waals surface area contributed by atoms with Crippen LogP contribution in [0.5, 0.6) is 0 Å². The van der Waals surface area contributed by atoms with Gasteiger partial charge in [0.25, 0.3) is 0 Å². The van der Waals surface area contributed by atoms with Gasteiger partial charge >= 0.3 is 0 Å². The summed E-state index contributed by atoms with van der Waals surface area (Å²) in [5, 5.41) is 9.80. The number of thiophene rings is 1. The number of para-hydroxylation sites is 4. The summed E-state index contributed by atoms with van der Waals surface area (Å²) < 4.78 is 5.99. The topological polar surface area (TPSA) is 35.6 Å². The molecule has 0 aliphatic carbocycles. The van der Waals surface area contributed by atoms with E-state index in [2.05, 4.69) is 167 Å². The van der Waals surface area contributed by atoms with E-state index >= 15 is 0 Å². The normalized spacial score (nSPS) is 12.1. The molecule has 11 rings (SSSR count). The SMILES string of the molecule is c1ccc(-c2nc(-n3c4ccccc4c4c5ccccc5c5c(sc6c5c5ccccc5n6-c5ccccc5)c43)nc3ccccc23)cc1. The van der Waals surface area contributed by atoms with Crippen molar-refractivity contribution in [2.45, 2.75) is 0 Å². The van der Waals surface area contributed by atoms with Gasteiger partial charge in [0.1, 0.15) is 4.83 Å². The predicted octanol–water partition coefficient (Wildman–Crippen LogP) is 11.9. The highest BCUT2D eigenvalue weighted by molar-refractivity contribution is 7.27. The average Bonchev–Trinajstić information content (AvgIpc) is 3.83. The first-order valence-corrected chi connectivity index (χ1v) is 17.3. The molecule has 0 N–H and O–H groups in total. The van der Waals surface area contributed by atoms with Crippen molar-refractivity contribution in [2.75, 3.05) is 0 Å². The van der Waals surface area contributed by atoms with Gasteiger partial charge in [-0.25, -0.2) is 9.97 Å². The highest BCUT2D eigenvalue weighted by Gasteiger charge is 2.26. The van der Waals surface area contributed by atoms with Crippen molar-refractivity contribution < 1.29 is 0 Å². The van der Waals surface area contributed by atoms with Gasteiger partial charge in [-0.3, -0.25) is 4.57 Å². The van der Waals surface area contributed by atoms with Crippen LogP contribution >= 0.6 is 11.3 Å². The molecule has 11 aromatic rings. The van der Waals surface area contributed by atoms with Crippen molar-refractivity contribution in [1.29, 1.82) is 0 Å². The number of hydrogen-bond acceptors (Lipinski definition) is 3. The number of benzene rings is 7. The molecule has 0 radical (unpaired) electrons. The van der Waals surface area contributed by atoms with Crippen molar-refractivity contribution >= 4 is 86.0 Å². The first-order valence-electron chi connectivity index (χ1n) is 16.5. The summed E-state index contributed by atoms with van der Waals surface area (Å²) in [6.07, 6.45) is 0. The smallest absolute Gasteiger partial charge is 0.235 e. The lowest BCUT2D eigenvalue weighted by molar-refractivity contribution is 1.02. The van der Waals surface area contributed by atoms with Gasteiger partial charge in [0.05, 0.1) is 32.5 Å². The molecule has 5 heteroatoms. The molecule has 228 valence electrons. The lowest BCUT2D eigenvalue weighted by atomic mass is 9.99. The van der Waals surface area contributed by atoms with Gasteiger partial charge in [0, 0.05) is 43.6 Å². The van der Waals surface area contributed by atoms with Crippen LogP contribution in [0, 0.1) is 0 Å². The van der Waals surface area contributed by atoms with E-state index in [4.69, 9.17) is 9.97 Å². The van der Waals surface area contributed by atoms with E-state index in [1.54, 1.807) is 0 Å². The van der Waals surface area contributed by atoms with Gasteiger partial charge in [-0.2, -0.15) is 0 Å². The number of aromatic nitrogens is 4. The fourth-order valence-corrected chi connectivity index (χ4v) is 9.31. The summed E-state index contributed by atoms with van der Waals surface area (Å²) in [6, 6.07) is 56.0. The maximum Gasteiger partial charge on any atom is 0.235 e.